The molecule has 0 N–H and O–H groups in total. The standard InChI is InChI=1S/C27H22N2O5/c1-31-27(30)15-26-29-22-13-10-18(14-25(22)34-26)16-32-23-8-4-5-9-24(23)33-17-20-12-11-19-6-2-3-7-21(19)28-20/h2-14H,15-17H2,1H3. The Bertz CT molecular complexity index is 1460. The van der Waals surface area contributed by atoms with E-state index in [1.54, 1.807) is 0 Å². The van der Waals surface area contributed by atoms with E-state index in [0.29, 0.717) is 41.7 Å². The Morgan fingerprint density at radius 2 is 1.59 bits per heavy atom. The molecule has 3 aromatic carbocycles. The van der Waals surface area contributed by atoms with Crippen molar-refractivity contribution in [3.05, 3.63) is 96.0 Å². The number of fused-ring (bicyclic) bond motifs is 2. The largest absolute Gasteiger partial charge is 0.485 e. The van der Waals surface area contributed by atoms with E-state index in [4.69, 9.17) is 13.9 Å². The van der Waals surface area contributed by atoms with Gasteiger partial charge in [0.2, 0.25) is 5.89 Å². The molecule has 0 aliphatic heterocycles. The fraction of sp³-hybridized carbons (Fsp3) is 0.148. The molecular formula is C27H22N2O5. The third kappa shape index (κ3) is 4.83. The lowest BCUT2D eigenvalue weighted by Crippen LogP contribution is -2.04. The van der Waals surface area contributed by atoms with Crippen molar-refractivity contribution in [2.75, 3.05) is 7.11 Å². The molecule has 0 saturated carbocycles. The van der Waals surface area contributed by atoms with Gasteiger partial charge in [-0.15, -0.1) is 0 Å². The first-order chi connectivity index (χ1) is 16.7. The number of hydrogen-bond donors (Lipinski definition) is 0. The van der Waals surface area contributed by atoms with E-state index >= 15 is 0 Å². The molecule has 34 heavy (non-hydrogen) atoms. The van der Waals surface area contributed by atoms with Crippen molar-refractivity contribution < 1.29 is 23.4 Å². The van der Waals surface area contributed by atoms with Crippen molar-refractivity contribution >= 4 is 28.0 Å². The second-order valence-corrected chi connectivity index (χ2v) is 7.68. The van der Waals surface area contributed by atoms with Crippen LogP contribution >= 0.6 is 0 Å². The summed E-state index contributed by atoms with van der Waals surface area (Å²) in [4.78, 5) is 20.4. The van der Waals surface area contributed by atoms with E-state index in [2.05, 4.69) is 14.7 Å². The summed E-state index contributed by atoms with van der Waals surface area (Å²) < 4.78 is 22.4. The smallest absolute Gasteiger partial charge is 0.314 e. The number of esters is 1. The van der Waals surface area contributed by atoms with Gasteiger partial charge in [0, 0.05) is 5.39 Å². The lowest BCUT2D eigenvalue weighted by Gasteiger charge is -2.13. The van der Waals surface area contributed by atoms with E-state index in [1.807, 2.05) is 78.9 Å². The Balaban J connectivity index is 1.26. The van der Waals surface area contributed by atoms with Gasteiger partial charge in [0.05, 0.1) is 18.3 Å². The molecule has 0 amide bonds. The molecule has 0 aliphatic rings. The van der Waals surface area contributed by atoms with Crippen LogP contribution in [0.2, 0.25) is 0 Å². The van der Waals surface area contributed by atoms with Crippen LogP contribution < -0.4 is 9.47 Å². The number of carbonyl (C=O) groups is 1. The van der Waals surface area contributed by atoms with E-state index in [9.17, 15) is 4.79 Å². The summed E-state index contributed by atoms with van der Waals surface area (Å²) >= 11 is 0. The van der Waals surface area contributed by atoms with Crippen molar-refractivity contribution in [2.45, 2.75) is 19.6 Å². The maximum absolute atomic E-state index is 11.5. The molecule has 0 spiro atoms. The van der Waals surface area contributed by atoms with Gasteiger partial charge in [-0.1, -0.05) is 42.5 Å². The van der Waals surface area contributed by atoms with Crippen LogP contribution in [0.5, 0.6) is 11.5 Å². The van der Waals surface area contributed by atoms with Crippen LogP contribution in [0.4, 0.5) is 0 Å². The second-order valence-electron chi connectivity index (χ2n) is 7.68. The summed E-state index contributed by atoms with van der Waals surface area (Å²) in [6, 6.07) is 25.1. The Labute approximate surface area is 195 Å². The van der Waals surface area contributed by atoms with Gasteiger partial charge >= 0.3 is 5.97 Å². The van der Waals surface area contributed by atoms with Gasteiger partial charge in [0.25, 0.3) is 0 Å². The van der Waals surface area contributed by atoms with Crippen molar-refractivity contribution in [1.29, 1.82) is 0 Å². The van der Waals surface area contributed by atoms with Gasteiger partial charge in [-0.3, -0.25) is 4.79 Å². The van der Waals surface area contributed by atoms with Crippen LogP contribution in [0.25, 0.3) is 22.0 Å². The Hall–Kier alpha value is -4.39. The highest BCUT2D eigenvalue weighted by atomic mass is 16.5. The normalized spacial score (nSPS) is 11.0. The van der Waals surface area contributed by atoms with Crippen molar-refractivity contribution in [3.63, 3.8) is 0 Å². The number of benzene rings is 3. The molecule has 2 heterocycles. The molecule has 7 heteroatoms. The summed E-state index contributed by atoms with van der Waals surface area (Å²) in [6.45, 7) is 0.649. The molecule has 2 aromatic heterocycles. The number of para-hydroxylation sites is 3. The monoisotopic (exact) mass is 454 g/mol. The number of methoxy groups -OCH3 is 1. The SMILES string of the molecule is COC(=O)Cc1nc2ccc(COc3ccccc3OCc3ccc4ccccc4n3)cc2o1. The van der Waals surface area contributed by atoms with Crippen LogP contribution in [0.15, 0.2) is 83.3 Å². The summed E-state index contributed by atoms with van der Waals surface area (Å²) in [5, 5.41) is 1.09. The highest BCUT2D eigenvalue weighted by Gasteiger charge is 2.12. The number of rotatable bonds is 8. The highest BCUT2D eigenvalue weighted by molar-refractivity contribution is 5.78. The summed E-state index contributed by atoms with van der Waals surface area (Å²) in [5.41, 5.74) is 3.94. The number of nitrogens with zero attached hydrogens (tertiary/aromatic N) is 2. The molecule has 7 nitrogen and oxygen atoms in total. The summed E-state index contributed by atoms with van der Waals surface area (Å²) in [6.07, 6.45) is -0.00616. The number of hydrogen-bond acceptors (Lipinski definition) is 7. The molecule has 170 valence electrons. The molecule has 0 aliphatic carbocycles. The molecule has 0 saturated heterocycles. The topological polar surface area (TPSA) is 83.7 Å². The molecule has 0 atom stereocenters. The van der Waals surface area contributed by atoms with Crippen LogP contribution in [0.1, 0.15) is 17.1 Å². The first-order valence-corrected chi connectivity index (χ1v) is 10.8. The average Bonchev–Trinajstić information content (AvgIpc) is 3.27. The van der Waals surface area contributed by atoms with Gasteiger partial charge < -0.3 is 18.6 Å². The fourth-order valence-electron chi connectivity index (χ4n) is 3.57. The first-order valence-electron chi connectivity index (χ1n) is 10.8. The molecule has 0 radical (unpaired) electrons. The zero-order valence-electron chi connectivity index (χ0n) is 18.6. The Morgan fingerprint density at radius 1 is 0.824 bits per heavy atom. The quantitative estimate of drug-likeness (QED) is 0.296. The predicted octanol–water partition coefficient (Wildman–Crippen LogP) is 5.25. The first kappa shape index (κ1) is 21.5. The van der Waals surface area contributed by atoms with Crippen LogP contribution in [0.3, 0.4) is 0 Å². The van der Waals surface area contributed by atoms with Gasteiger partial charge in [-0.25, -0.2) is 9.97 Å². The van der Waals surface area contributed by atoms with Gasteiger partial charge in [0.1, 0.15) is 25.2 Å². The minimum atomic E-state index is -0.398. The van der Waals surface area contributed by atoms with Crippen molar-refractivity contribution in [1.82, 2.24) is 9.97 Å². The Morgan fingerprint density at radius 3 is 2.41 bits per heavy atom. The third-order valence-electron chi connectivity index (χ3n) is 5.30. The maximum atomic E-state index is 11.5. The Kier molecular flexibility index (Phi) is 6.07. The molecule has 0 bridgehead atoms. The second kappa shape index (κ2) is 9.62. The number of oxazole rings is 1. The number of carbonyl (C=O) groups excluding carboxylic acids is 1. The number of ether oxygens (including phenoxy) is 3. The van der Waals surface area contributed by atoms with Crippen LogP contribution in [-0.4, -0.2) is 23.0 Å². The third-order valence-corrected chi connectivity index (χ3v) is 5.30. The minimum Gasteiger partial charge on any atom is -0.485 e. The number of pyridine rings is 1. The van der Waals surface area contributed by atoms with E-state index in [-0.39, 0.29) is 6.42 Å². The van der Waals surface area contributed by atoms with Gasteiger partial charge in [-0.2, -0.15) is 0 Å². The van der Waals surface area contributed by atoms with E-state index < -0.39 is 5.97 Å². The van der Waals surface area contributed by atoms with Crippen molar-refractivity contribution in [2.24, 2.45) is 0 Å². The van der Waals surface area contributed by atoms with E-state index in [1.165, 1.54) is 7.11 Å². The molecule has 5 aromatic rings. The van der Waals surface area contributed by atoms with Gasteiger partial charge in [0.15, 0.2) is 17.1 Å². The van der Waals surface area contributed by atoms with E-state index in [0.717, 1.165) is 22.2 Å². The summed E-state index contributed by atoms with van der Waals surface area (Å²) in [5.74, 6) is 1.19. The molecule has 0 unspecified atom stereocenters. The molecule has 5 rings (SSSR count). The molecular weight excluding hydrogens is 432 g/mol. The van der Waals surface area contributed by atoms with Gasteiger partial charge in [-0.05, 0) is 42.0 Å². The zero-order valence-corrected chi connectivity index (χ0v) is 18.6. The fourth-order valence-corrected chi connectivity index (χ4v) is 3.57. The minimum absolute atomic E-state index is 0.00616. The molecule has 0 fully saturated rings. The summed E-state index contributed by atoms with van der Waals surface area (Å²) in [7, 11) is 1.33. The van der Waals surface area contributed by atoms with Crippen molar-refractivity contribution in [3.8, 4) is 11.5 Å². The maximum Gasteiger partial charge on any atom is 0.314 e. The van der Waals surface area contributed by atoms with Crippen LogP contribution in [-0.2, 0) is 29.2 Å². The lowest BCUT2D eigenvalue weighted by molar-refractivity contribution is -0.140. The van der Waals surface area contributed by atoms with Crippen LogP contribution in [0, 0.1) is 0 Å². The highest BCUT2D eigenvalue weighted by Crippen LogP contribution is 2.29. The lowest BCUT2D eigenvalue weighted by atomic mass is 10.2. The number of aromatic nitrogens is 2. The average molecular weight is 454 g/mol. The zero-order chi connectivity index (χ0) is 23.3. The predicted molar refractivity (Wildman–Crippen MR) is 127 cm³/mol.